The van der Waals surface area contributed by atoms with E-state index < -0.39 is 5.92 Å². The number of aryl methyl sites for hydroxylation is 1. The minimum Gasteiger partial charge on any atom is -0.472 e. The van der Waals surface area contributed by atoms with E-state index in [1.165, 1.54) is 0 Å². The number of fused-ring (bicyclic) bond motifs is 1. The predicted octanol–water partition coefficient (Wildman–Crippen LogP) is 0.913. The molecule has 0 spiro atoms. The van der Waals surface area contributed by atoms with Gasteiger partial charge in [-0.05, 0) is 25.1 Å². The number of nitrogens with zero attached hydrogens (tertiary/aromatic N) is 3. The lowest BCUT2D eigenvalue weighted by molar-refractivity contribution is -0.122. The summed E-state index contributed by atoms with van der Waals surface area (Å²) in [5.74, 6) is -0.448. The smallest absolute Gasteiger partial charge is 0.278 e. The summed E-state index contributed by atoms with van der Waals surface area (Å²) in [6.07, 6.45) is 0. The highest BCUT2D eigenvalue weighted by atomic mass is 16.6. The number of rotatable bonds is 6. The summed E-state index contributed by atoms with van der Waals surface area (Å²) in [5, 5.41) is 17.6. The summed E-state index contributed by atoms with van der Waals surface area (Å²) in [6, 6.07) is 7.05. The molecule has 0 fully saturated rings. The molecule has 9 heteroatoms. The van der Waals surface area contributed by atoms with E-state index in [9.17, 15) is 9.59 Å². The maximum Gasteiger partial charge on any atom is 0.278 e. The number of aromatic amines is 1. The van der Waals surface area contributed by atoms with E-state index in [0.29, 0.717) is 28.0 Å². The largest absolute Gasteiger partial charge is 0.472 e. The lowest BCUT2D eigenvalue weighted by Gasteiger charge is -2.13. The number of carbonyl (C=O) groups excluding carboxylic acids is 1. The van der Waals surface area contributed by atoms with E-state index >= 15 is 0 Å². The Hall–Kier alpha value is -3.23. The molecule has 2 aromatic heterocycles. The molecule has 0 aliphatic carbocycles. The standard InChI is InChI=1S/C16H17N5O4/c1-9(13-11-5-3-4-6-12(11)15(23)19-18-13)14(22)17-7-8-24-16-10(2)20-25-21-16/h3-6,9H,7-8H2,1-2H3,(H,17,22)(H,19,23). The van der Waals surface area contributed by atoms with Gasteiger partial charge in [0.05, 0.1) is 23.5 Å². The van der Waals surface area contributed by atoms with E-state index in [1.54, 1.807) is 38.1 Å². The molecule has 3 rings (SSSR count). The SMILES string of the molecule is Cc1nonc1OCCNC(=O)C(C)c1n[nH]c(=O)c2ccccc12. The molecule has 9 nitrogen and oxygen atoms in total. The van der Waals surface area contributed by atoms with Crippen LogP contribution in [0.15, 0.2) is 33.7 Å². The number of nitrogens with one attached hydrogen (secondary N) is 2. The van der Waals surface area contributed by atoms with Gasteiger partial charge in [-0.1, -0.05) is 23.4 Å². The van der Waals surface area contributed by atoms with Crippen LogP contribution in [0.3, 0.4) is 0 Å². The molecule has 1 amide bonds. The average Bonchev–Trinajstić information content (AvgIpc) is 3.03. The van der Waals surface area contributed by atoms with Crippen molar-refractivity contribution in [2.75, 3.05) is 13.2 Å². The molecule has 0 radical (unpaired) electrons. The molecule has 2 N–H and O–H groups in total. The number of H-pyrrole nitrogens is 1. The number of benzene rings is 1. The molecule has 0 aliphatic rings. The minimum atomic E-state index is -0.530. The second kappa shape index (κ2) is 7.12. The van der Waals surface area contributed by atoms with E-state index in [0.717, 1.165) is 0 Å². The maximum absolute atomic E-state index is 12.4. The topological polar surface area (TPSA) is 123 Å². The quantitative estimate of drug-likeness (QED) is 0.638. The molecule has 2 heterocycles. The minimum absolute atomic E-state index is 0.219. The third kappa shape index (κ3) is 3.49. The van der Waals surface area contributed by atoms with Gasteiger partial charge in [0.15, 0.2) is 0 Å². The van der Waals surface area contributed by atoms with Gasteiger partial charge in [-0.25, -0.2) is 9.73 Å². The van der Waals surface area contributed by atoms with E-state index in [1.807, 2.05) is 0 Å². The Morgan fingerprint density at radius 1 is 1.32 bits per heavy atom. The number of carbonyl (C=O) groups is 1. The van der Waals surface area contributed by atoms with Crippen molar-refractivity contribution in [2.45, 2.75) is 19.8 Å². The van der Waals surface area contributed by atoms with Crippen LogP contribution in [-0.2, 0) is 4.79 Å². The first-order chi connectivity index (χ1) is 12.1. The van der Waals surface area contributed by atoms with Crippen molar-refractivity contribution in [2.24, 2.45) is 0 Å². The van der Waals surface area contributed by atoms with Gasteiger partial charge in [-0.15, -0.1) is 0 Å². The summed E-state index contributed by atoms with van der Waals surface area (Å²) in [6.45, 7) is 3.96. The van der Waals surface area contributed by atoms with Crippen molar-refractivity contribution in [1.29, 1.82) is 0 Å². The molecule has 130 valence electrons. The van der Waals surface area contributed by atoms with Crippen molar-refractivity contribution < 1.29 is 14.2 Å². The van der Waals surface area contributed by atoms with Gasteiger partial charge in [-0.3, -0.25) is 9.59 Å². The molecule has 0 aliphatic heterocycles. The molecular weight excluding hydrogens is 326 g/mol. The van der Waals surface area contributed by atoms with Crippen LogP contribution in [0.25, 0.3) is 10.8 Å². The summed E-state index contributed by atoms with van der Waals surface area (Å²) < 4.78 is 9.87. The van der Waals surface area contributed by atoms with E-state index in [-0.39, 0.29) is 24.6 Å². The third-order valence-corrected chi connectivity index (χ3v) is 3.78. The van der Waals surface area contributed by atoms with Gasteiger partial charge in [0, 0.05) is 5.39 Å². The first kappa shape index (κ1) is 16.6. The van der Waals surface area contributed by atoms with E-state index in [4.69, 9.17) is 4.74 Å². The number of ether oxygens (including phenoxy) is 1. The molecule has 3 aromatic rings. The highest BCUT2D eigenvalue weighted by molar-refractivity contribution is 5.90. The Labute approximate surface area is 142 Å². The van der Waals surface area contributed by atoms with Gasteiger partial charge in [0.2, 0.25) is 5.91 Å². The van der Waals surface area contributed by atoms with Crippen LogP contribution in [0.4, 0.5) is 0 Å². The second-order valence-electron chi connectivity index (χ2n) is 5.50. The molecule has 1 atom stereocenters. The van der Waals surface area contributed by atoms with Crippen molar-refractivity contribution in [3.63, 3.8) is 0 Å². The molecule has 0 saturated heterocycles. The van der Waals surface area contributed by atoms with Crippen molar-refractivity contribution in [1.82, 2.24) is 25.8 Å². The van der Waals surface area contributed by atoms with E-state index in [2.05, 4.69) is 30.5 Å². The van der Waals surface area contributed by atoms with Crippen LogP contribution in [0.5, 0.6) is 5.88 Å². The zero-order valence-electron chi connectivity index (χ0n) is 13.8. The summed E-state index contributed by atoms with van der Waals surface area (Å²) in [7, 11) is 0. The molecule has 0 saturated carbocycles. The molecule has 25 heavy (non-hydrogen) atoms. The van der Waals surface area contributed by atoms with Crippen molar-refractivity contribution in [3.05, 3.63) is 46.0 Å². The monoisotopic (exact) mass is 343 g/mol. The highest BCUT2D eigenvalue weighted by Gasteiger charge is 2.20. The van der Waals surface area contributed by atoms with Crippen LogP contribution >= 0.6 is 0 Å². The van der Waals surface area contributed by atoms with Crippen LogP contribution < -0.4 is 15.6 Å². The van der Waals surface area contributed by atoms with Gasteiger partial charge in [-0.2, -0.15) is 5.10 Å². The number of hydrogen-bond donors (Lipinski definition) is 2. The first-order valence-electron chi connectivity index (χ1n) is 7.75. The molecule has 0 bridgehead atoms. The average molecular weight is 343 g/mol. The Bertz CT molecular complexity index is 949. The third-order valence-electron chi connectivity index (χ3n) is 3.78. The van der Waals surface area contributed by atoms with Gasteiger partial charge in [0.1, 0.15) is 12.3 Å². The fraction of sp³-hybridized carbons (Fsp3) is 0.312. The fourth-order valence-corrected chi connectivity index (χ4v) is 2.42. The Morgan fingerprint density at radius 2 is 2.08 bits per heavy atom. The molecule has 1 aromatic carbocycles. The normalized spacial score (nSPS) is 12.1. The van der Waals surface area contributed by atoms with Gasteiger partial charge in [0.25, 0.3) is 11.4 Å². The number of amides is 1. The van der Waals surface area contributed by atoms with Gasteiger partial charge < -0.3 is 10.1 Å². The van der Waals surface area contributed by atoms with Crippen molar-refractivity contribution >= 4 is 16.7 Å². The van der Waals surface area contributed by atoms with Crippen LogP contribution in [0.1, 0.15) is 24.2 Å². The zero-order chi connectivity index (χ0) is 17.8. The lowest BCUT2D eigenvalue weighted by atomic mass is 10.0. The highest BCUT2D eigenvalue weighted by Crippen LogP contribution is 2.20. The maximum atomic E-state index is 12.4. The van der Waals surface area contributed by atoms with Crippen LogP contribution in [0.2, 0.25) is 0 Å². The zero-order valence-corrected chi connectivity index (χ0v) is 13.8. The molecule has 1 unspecified atom stereocenters. The second-order valence-corrected chi connectivity index (χ2v) is 5.50. The number of hydrogen-bond acceptors (Lipinski definition) is 7. The molecular formula is C16H17N5O4. The predicted molar refractivity (Wildman–Crippen MR) is 88.3 cm³/mol. The Morgan fingerprint density at radius 3 is 2.80 bits per heavy atom. The lowest BCUT2D eigenvalue weighted by Crippen LogP contribution is -2.32. The first-order valence-corrected chi connectivity index (χ1v) is 7.75. The van der Waals surface area contributed by atoms with Crippen LogP contribution in [-0.4, -0.2) is 39.6 Å². The van der Waals surface area contributed by atoms with Gasteiger partial charge >= 0.3 is 0 Å². The fourth-order valence-electron chi connectivity index (χ4n) is 2.42. The van der Waals surface area contributed by atoms with Crippen molar-refractivity contribution in [3.8, 4) is 5.88 Å². The Balaban J connectivity index is 1.64. The number of aromatic nitrogens is 4. The Kier molecular flexibility index (Phi) is 4.73. The summed E-state index contributed by atoms with van der Waals surface area (Å²) in [5.41, 5.74) is 0.783. The summed E-state index contributed by atoms with van der Waals surface area (Å²) >= 11 is 0. The van der Waals surface area contributed by atoms with Crippen LogP contribution in [0, 0.1) is 6.92 Å². The summed E-state index contributed by atoms with van der Waals surface area (Å²) in [4.78, 5) is 24.2.